The van der Waals surface area contributed by atoms with E-state index in [-0.39, 0.29) is 5.82 Å². The molecule has 0 bridgehead atoms. The van der Waals surface area contributed by atoms with Gasteiger partial charge in [0, 0.05) is 12.5 Å². The summed E-state index contributed by atoms with van der Waals surface area (Å²) < 4.78 is 19.3. The Morgan fingerprint density at radius 1 is 1.17 bits per heavy atom. The van der Waals surface area contributed by atoms with Crippen LogP contribution in [0, 0.1) is 5.82 Å². The van der Waals surface area contributed by atoms with Gasteiger partial charge in [-0.05, 0) is 49.9 Å². The van der Waals surface area contributed by atoms with Crippen LogP contribution in [0.15, 0.2) is 34.9 Å². The van der Waals surface area contributed by atoms with Crippen LogP contribution in [0.4, 0.5) is 4.39 Å². The van der Waals surface area contributed by atoms with Gasteiger partial charge in [-0.1, -0.05) is 25.0 Å². The first-order chi connectivity index (χ1) is 11.3. The Morgan fingerprint density at radius 2 is 2.04 bits per heavy atom. The van der Waals surface area contributed by atoms with Crippen LogP contribution in [0.1, 0.15) is 61.8 Å². The molecule has 1 aromatic carbocycles. The summed E-state index contributed by atoms with van der Waals surface area (Å²) in [6, 6.07) is 7.72. The molecule has 4 heteroatoms. The highest BCUT2D eigenvalue weighted by atomic mass is 19.1. The summed E-state index contributed by atoms with van der Waals surface area (Å²) in [5.41, 5.74) is 0.923. The lowest BCUT2D eigenvalue weighted by atomic mass is 10.1. The summed E-state index contributed by atoms with van der Waals surface area (Å²) in [6.07, 6.45) is 10.1. The standard InChI is InChI=1S/C19H23FN2O/c20-15-6-3-5-14(11-15)12-17-13-21-19(23-17)18-9-4-10-22(18)16-7-1-2-8-16/h3,5-6,11,13,16,18H,1-2,4,7-10,12H2. The maximum Gasteiger partial charge on any atom is 0.211 e. The molecule has 23 heavy (non-hydrogen) atoms. The molecule has 2 aliphatic rings. The highest BCUT2D eigenvalue weighted by Gasteiger charge is 2.35. The Balaban J connectivity index is 1.48. The molecule has 3 nitrogen and oxygen atoms in total. The van der Waals surface area contributed by atoms with Gasteiger partial charge in [-0.15, -0.1) is 0 Å². The van der Waals surface area contributed by atoms with Gasteiger partial charge in [0.05, 0.1) is 12.2 Å². The summed E-state index contributed by atoms with van der Waals surface area (Å²) in [7, 11) is 0. The Hall–Kier alpha value is -1.68. The van der Waals surface area contributed by atoms with Gasteiger partial charge < -0.3 is 4.42 Å². The Kier molecular flexibility index (Phi) is 4.17. The molecule has 2 fully saturated rings. The second-order valence-electron chi connectivity index (χ2n) is 6.81. The number of halogens is 1. The second-order valence-corrected chi connectivity index (χ2v) is 6.81. The van der Waals surface area contributed by atoms with Gasteiger partial charge in [-0.2, -0.15) is 0 Å². The quantitative estimate of drug-likeness (QED) is 0.833. The van der Waals surface area contributed by atoms with Gasteiger partial charge in [0.15, 0.2) is 0 Å². The number of aromatic nitrogens is 1. The third-order valence-corrected chi connectivity index (χ3v) is 5.21. The fourth-order valence-corrected chi connectivity index (χ4v) is 4.13. The van der Waals surface area contributed by atoms with Crippen LogP contribution < -0.4 is 0 Å². The minimum Gasteiger partial charge on any atom is -0.444 e. The molecular formula is C19H23FN2O. The Labute approximate surface area is 136 Å². The third-order valence-electron chi connectivity index (χ3n) is 5.21. The lowest BCUT2D eigenvalue weighted by Gasteiger charge is -2.28. The van der Waals surface area contributed by atoms with Crippen molar-refractivity contribution in [2.45, 2.75) is 57.0 Å². The molecular weight excluding hydrogens is 291 g/mol. The van der Waals surface area contributed by atoms with E-state index in [1.807, 2.05) is 12.3 Å². The third kappa shape index (κ3) is 3.18. The van der Waals surface area contributed by atoms with E-state index < -0.39 is 0 Å². The highest BCUT2D eigenvalue weighted by molar-refractivity contribution is 5.21. The van der Waals surface area contributed by atoms with E-state index in [0.29, 0.717) is 18.5 Å². The Bertz CT molecular complexity index is 663. The number of likely N-dealkylation sites (tertiary alicyclic amines) is 1. The largest absolute Gasteiger partial charge is 0.444 e. The molecule has 1 aliphatic heterocycles. The first kappa shape index (κ1) is 14.9. The van der Waals surface area contributed by atoms with E-state index >= 15 is 0 Å². The van der Waals surface area contributed by atoms with Crippen LogP contribution in [0.2, 0.25) is 0 Å². The lowest BCUT2D eigenvalue weighted by Crippen LogP contribution is -2.32. The molecule has 4 rings (SSSR count). The molecule has 1 unspecified atom stereocenters. The predicted octanol–water partition coefficient (Wildman–Crippen LogP) is 4.48. The maximum atomic E-state index is 13.3. The fourth-order valence-electron chi connectivity index (χ4n) is 4.13. The van der Waals surface area contributed by atoms with E-state index in [0.717, 1.165) is 30.2 Å². The molecule has 0 spiro atoms. The fraction of sp³-hybridized carbons (Fsp3) is 0.526. The summed E-state index contributed by atoms with van der Waals surface area (Å²) in [6.45, 7) is 1.16. The highest BCUT2D eigenvalue weighted by Crippen LogP contribution is 2.38. The number of nitrogens with zero attached hydrogens (tertiary/aromatic N) is 2. The van der Waals surface area contributed by atoms with Crippen molar-refractivity contribution in [1.29, 1.82) is 0 Å². The maximum absolute atomic E-state index is 13.3. The zero-order valence-corrected chi connectivity index (χ0v) is 13.4. The molecule has 1 aliphatic carbocycles. The van der Waals surface area contributed by atoms with Gasteiger partial charge in [-0.3, -0.25) is 4.90 Å². The topological polar surface area (TPSA) is 29.3 Å². The predicted molar refractivity (Wildman–Crippen MR) is 86.6 cm³/mol. The lowest BCUT2D eigenvalue weighted by molar-refractivity contribution is 0.159. The van der Waals surface area contributed by atoms with Crippen molar-refractivity contribution in [3.8, 4) is 0 Å². The van der Waals surface area contributed by atoms with Gasteiger partial charge in [0.2, 0.25) is 5.89 Å². The minimum absolute atomic E-state index is 0.203. The van der Waals surface area contributed by atoms with Gasteiger partial charge >= 0.3 is 0 Å². The number of rotatable bonds is 4. The minimum atomic E-state index is -0.203. The van der Waals surface area contributed by atoms with Crippen LogP contribution in [-0.4, -0.2) is 22.5 Å². The van der Waals surface area contributed by atoms with Gasteiger partial charge in [0.25, 0.3) is 0 Å². The molecule has 1 saturated heterocycles. The van der Waals surface area contributed by atoms with Gasteiger partial charge in [0.1, 0.15) is 11.6 Å². The molecule has 2 heterocycles. The van der Waals surface area contributed by atoms with E-state index in [1.54, 1.807) is 12.1 Å². The van der Waals surface area contributed by atoms with E-state index in [9.17, 15) is 4.39 Å². The average molecular weight is 314 g/mol. The number of hydrogen-bond acceptors (Lipinski definition) is 3. The monoisotopic (exact) mass is 314 g/mol. The molecule has 2 aromatic rings. The second kappa shape index (κ2) is 6.44. The van der Waals surface area contributed by atoms with E-state index in [2.05, 4.69) is 9.88 Å². The normalized spacial score (nSPS) is 22.9. The van der Waals surface area contributed by atoms with E-state index in [1.165, 1.54) is 38.2 Å². The molecule has 122 valence electrons. The zero-order valence-electron chi connectivity index (χ0n) is 13.4. The molecule has 0 amide bonds. The van der Waals surface area contributed by atoms with Crippen LogP contribution in [0.3, 0.4) is 0 Å². The number of oxazole rings is 1. The zero-order chi connectivity index (χ0) is 15.6. The summed E-state index contributed by atoms with van der Waals surface area (Å²) in [5, 5.41) is 0. The van der Waals surface area contributed by atoms with Crippen LogP contribution in [0.25, 0.3) is 0 Å². The van der Waals surface area contributed by atoms with Gasteiger partial charge in [-0.25, -0.2) is 9.37 Å². The van der Waals surface area contributed by atoms with Crippen molar-refractivity contribution in [3.63, 3.8) is 0 Å². The van der Waals surface area contributed by atoms with Crippen molar-refractivity contribution in [1.82, 2.24) is 9.88 Å². The molecule has 1 atom stereocenters. The molecule has 0 radical (unpaired) electrons. The molecule has 1 saturated carbocycles. The van der Waals surface area contributed by atoms with Crippen molar-refractivity contribution < 1.29 is 8.81 Å². The molecule has 0 N–H and O–H groups in total. The number of benzene rings is 1. The van der Waals surface area contributed by atoms with Crippen molar-refractivity contribution in [2.75, 3.05) is 6.54 Å². The Morgan fingerprint density at radius 3 is 2.87 bits per heavy atom. The summed E-state index contributed by atoms with van der Waals surface area (Å²) in [5.74, 6) is 1.47. The number of hydrogen-bond donors (Lipinski definition) is 0. The summed E-state index contributed by atoms with van der Waals surface area (Å²) in [4.78, 5) is 7.14. The van der Waals surface area contributed by atoms with Crippen LogP contribution in [0.5, 0.6) is 0 Å². The average Bonchev–Trinajstić information content (AvgIpc) is 3.28. The molecule has 1 aromatic heterocycles. The summed E-state index contributed by atoms with van der Waals surface area (Å²) >= 11 is 0. The van der Waals surface area contributed by atoms with Crippen molar-refractivity contribution >= 4 is 0 Å². The van der Waals surface area contributed by atoms with Crippen molar-refractivity contribution in [2.24, 2.45) is 0 Å². The SMILES string of the molecule is Fc1cccc(Cc2cnc(C3CCCN3C3CCCC3)o2)c1. The smallest absolute Gasteiger partial charge is 0.211 e. The van der Waals surface area contributed by atoms with Crippen LogP contribution >= 0.6 is 0 Å². The first-order valence-electron chi connectivity index (χ1n) is 8.74. The first-order valence-corrected chi connectivity index (χ1v) is 8.74. The van der Waals surface area contributed by atoms with Crippen LogP contribution in [-0.2, 0) is 6.42 Å². The van der Waals surface area contributed by atoms with Crippen molar-refractivity contribution in [3.05, 3.63) is 53.5 Å². The van der Waals surface area contributed by atoms with E-state index in [4.69, 9.17) is 4.42 Å².